The molecular formula is C8H18ClNO2S. The second kappa shape index (κ2) is 5.83. The van der Waals surface area contributed by atoms with E-state index in [1.807, 2.05) is 0 Å². The third-order valence-corrected chi connectivity index (χ3v) is 3.97. The second-order valence-corrected chi connectivity index (χ2v) is 5.83. The van der Waals surface area contributed by atoms with E-state index < -0.39 is 9.84 Å². The molecule has 1 aliphatic rings. The van der Waals surface area contributed by atoms with Gasteiger partial charge in [0.15, 0.2) is 9.84 Å². The van der Waals surface area contributed by atoms with Gasteiger partial charge in [0, 0.05) is 12.8 Å². The molecule has 3 nitrogen and oxygen atoms in total. The van der Waals surface area contributed by atoms with Crippen LogP contribution < -0.4 is 5.32 Å². The molecule has 0 bridgehead atoms. The van der Waals surface area contributed by atoms with Gasteiger partial charge in [0.05, 0.1) is 5.25 Å². The van der Waals surface area contributed by atoms with Crippen molar-refractivity contribution in [1.29, 1.82) is 0 Å². The first-order chi connectivity index (χ1) is 5.61. The second-order valence-electron chi connectivity index (χ2n) is 3.50. The first-order valence-electron chi connectivity index (χ1n) is 4.50. The fraction of sp³-hybridized carbons (Fsp3) is 1.00. The minimum Gasteiger partial charge on any atom is -0.315 e. The monoisotopic (exact) mass is 227 g/mol. The average Bonchev–Trinajstić information content (AvgIpc) is 1.81. The molecule has 0 spiro atoms. The maximum absolute atomic E-state index is 11.2. The summed E-state index contributed by atoms with van der Waals surface area (Å²) >= 11 is 0. The third kappa shape index (κ3) is 4.84. The SMILES string of the molecule is CS(=O)(=O)C1CCCCCNC1.Cl. The van der Waals surface area contributed by atoms with E-state index in [9.17, 15) is 8.42 Å². The number of nitrogens with one attached hydrogen (secondary N) is 1. The molecule has 0 radical (unpaired) electrons. The highest BCUT2D eigenvalue weighted by Crippen LogP contribution is 2.11. The van der Waals surface area contributed by atoms with E-state index in [0.29, 0.717) is 6.54 Å². The number of hydrogen-bond donors (Lipinski definition) is 1. The molecule has 5 heteroatoms. The van der Waals surface area contributed by atoms with Gasteiger partial charge in [-0.3, -0.25) is 0 Å². The Hall–Kier alpha value is 0.200. The smallest absolute Gasteiger partial charge is 0.151 e. The summed E-state index contributed by atoms with van der Waals surface area (Å²) in [7, 11) is -2.83. The van der Waals surface area contributed by atoms with Crippen LogP contribution in [0.25, 0.3) is 0 Å². The molecule has 0 aromatic heterocycles. The average molecular weight is 228 g/mol. The van der Waals surface area contributed by atoms with Gasteiger partial charge in [0.2, 0.25) is 0 Å². The van der Waals surface area contributed by atoms with Crippen molar-refractivity contribution in [2.24, 2.45) is 0 Å². The zero-order valence-electron chi connectivity index (χ0n) is 7.95. The number of rotatable bonds is 1. The lowest BCUT2D eigenvalue weighted by Gasteiger charge is -2.18. The number of halogens is 1. The van der Waals surface area contributed by atoms with Crippen LogP contribution in [0.1, 0.15) is 25.7 Å². The van der Waals surface area contributed by atoms with Crippen LogP contribution >= 0.6 is 12.4 Å². The summed E-state index contributed by atoms with van der Waals surface area (Å²) in [6, 6.07) is 0. The van der Waals surface area contributed by atoms with Gasteiger partial charge in [-0.25, -0.2) is 8.42 Å². The summed E-state index contributed by atoms with van der Waals surface area (Å²) in [4.78, 5) is 0. The van der Waals surface area contributed by atoms with Crippen molar-refractivity contribution >= 4 is 22.2 Å². The van der Waals surface area contributed by atoms with E-state index in [2.05, 4.69) is 5.32 Å². The van der Waals surface area contributed by atoms with E-state index in [4.69, 9.17) is 0 Å². The first kappa shape index (κ1) is 13.2. The zero-order valence-corrected chi connectivity index (χ0v) is 9.59. The summed E-state index contributed by atoms with van der Waals surface area (Å²) in [5.74, 6) is 0. The Morgan fingerprint density at radius 2 is 1.92 bits per heavy atom. The molecule has 0 amide bonds. The molecule has 1 N–H and O–H groups in total. The highest BCUT2D eigenvalue weighted by atomic mass is 35.5. The van der Waals surface area contributed by atoms with Crippen LogP contribution in [0.5, 0.6) is 0 Å². The largest absolute Gasteiger partial charge is 0.315 e. The van der Waals surface area contributed by atoms with Crippen molar-refractivity contribution in [3.63, 3.8) is 0 Å². The molecule has 1 unspecified atom stereocenters. The summed E-state index contributed by atoms with van der Waals surface area (Å²) in [6.07, 6.45) is 5.54. The Morgan fingerprint density at radius 1 is 1.23 bits per heavy atom. The fourth-order valence-electron chi connectivity index (χ4n) is 1.53. The standard InChI is InChI=1S/C8H17NO2S.ClH/c1-12(10,11)8-5-3-2-4-6-9-7-8;/h8-9H,2-7H2,1H3;1H. The molecule has 1 aliphatic heterocycles. The summed E-state index contributed by atoms with van der Waals surface area (Å²) in [5.41, 5.74) is 0. The molecular weight excluding hydrogens is 210 g/mol. The molecule has 1 heterocycles. The van der Waals surface area contributed by atoms with Crippen molar-refractivity contribution in [2.75, 3.05) is 19.3 Å². The lowest BCUT2D eigenvalue weighted by atomic mass is 10.1. The van der Waals surface area contributed by atoms with Crippen LogP contribution in [-0.2, 0) is 9.84 Å². The Kier molecular flexibility index (Phi) is 5.92. The van der Waals surface area contributed by atoms with E-state index >= 15 is 0 Å². The quantitative estimate of drug-likeness (QED) is 0.727. The van der Waals surface area contributed by atoms with E-state index in [-0.39, 0.29) is 17.7 Å². The van der Waals surface area contributed by atoms with Gasteiger partial charge in [-0.1, -0.05) is 12.8 Å². The molecule has 1 fully saturated rings. The lowest BCUT2D eigenvalue weighted by molar-refractivity contribution is 0.500. The van der Waals surface area contributed by atoms with Crippen LogP contribution in [0, 0.1) is 0 Å². The Balaban J connectivity index is 0.00000144. The number of sulfone groups is 1. The molecule has 0 aromatic carbocycles. The molecule has 0 saturated carbocycles. The van der Waals surface area contributed by atoms with Crippen LogP contribution in [0.2, 0.25) is 0 Å². The van der Waals surface area contributed by atoms with Gasteiger partial charge in [0.1, 0.15) is 0 Å². The number of hydrogen-bond acceptors (Lipinski definition) is 3. The predicted octanol–water partition coefficient (Wildman–Crippen LogP) is 0.985. The molecule has 0 aromatic rings. The normalized spacial score (nSPS) is 25.5. The molecule has 80 valence electrons. The zero-order chi connectivity index (χ0) is 9.03. The highest BCUT2D eigenvalue weighted by Gasteiger charge is 2.20. The van der Waals surface area contributed by atoms with Crippen molar-refractivity contribution < 1.29 is 8.42 Å². The van der Waals surface area contributed by atoms with Crippen molar-refractivity contribution in [3.8, 4) is 0 Å². The third-order valence-electron chi connectivity index (χ3n) is 2.36. The Labute approximate surface area is 86.6 Å². The van der Waals surface area contributed by atoms with Crippen LogP contribution in [0.3, 0.4) is 0 Å². The lowest BCUT2D eigenvalue weighted by Crippen LogP contribution is -2.34. The molecule has 13 heavy (non-hydrogen) atoms. The molecule has 1 atom stereocenters. The summed E-state index contributed by atoms with van der Waals surface area (Å²) in [5, 5.41) is 3.01. The van der Waals surface area contributed by atoms with Gasteiger partial charge < -0.3 is 5.32 Å². The minimum atomic E-state index is -2.83. The van der Waals surface area contributed by atoms with Crippen LogP contribution in [-0.4, -0.2) is 33.0 Å². The van der Waals surface area contributed by atoms with Gasteiger partial charge in [-0.05, 0) is 19.4 Å². The summed E-state index contributed by atoms with van der Waals surface area (Å²) < 4.78 is 22.4. The van der Waals surface area contributed by atoms with Gasteiger partial charge in [-0.2, -0.15) is 0 Å². The van der Waals surface area contributed by atoms with E-state index in [1.165, 1.54) is 12.7 Å². The van der Waals surface area contributed by atoms with Crippen LogP contribution in [0.15, 0.2) is 0 Å². The Morgan fingerprint density at radius 3 is 2.54 bits per heavy atom. The van der Waals surface area contributed by atoms with Gasteiger partial charge in [0.25, 0.3) is 0 Å². The molecule has 0 aliphatic carbocycles. The van der Waals surface area contributed by atoms with Gasteiger partial charge >= 0.3 is 0 Å². The minimum absolute atomic E-state index is 0. The molecule has 1 saturated heterocycles. The highest BCUT2D eigenvalue weighted by molar-refractivity contribution is 7.91. The Bertz CT molecular complexity index is 220. The maximum atomic E-state index is 11.2. The van der Waals surface area contributed by atoms with E-state index in [0.717, 1.165) is 25.8 Å². The summed E-state index contributed by atoms with van der Waals surface area (Å²) in [6.45, 7) is 1.60. The van der Waals surface area contributed by atoms with Gasteiger partial charge in [-0.15, -0.1) is 12.4 Å². The maximum Gasteiger partial charge on any atom is 0.151 e. The van der Waals surface area contributed by atoms with Crippen LogP contribution in [0.4, 0.5) is 0 Å². The van der Waals surface area contributed by atoms with E-state index in [1.54, 1.807) is 0 Å². The predicted molar refractivity (Wildman–Crippen MR) is 57.2 cm³/mol. The van der Waals surface area contributed by atoms with Crippen molar-refractivity contribution in [1.82, 2.24) is 5.32 Å². The fourth-order valence-corrected chi connectivity index (χ4v) is 2.54. The van der Waals surface area contributed by atoms with Crippen molar-refractivity contribution in [3.05, 3.63) is 0 Å². The first-order valence-corrected chi connectivity index (χ1v) is 6.46. The van der Waals surface area contributed by atoms with Crippen molar-refractivity contribution in [2.45, 2.75) is 30.9 Å². The molecule has 1 rings (SSSR count). The topological polar surface area (TPSA) is 46.2 Å².